The van der Waals surface area contributed by atoms with Crippen molar-refractivity contribution in [2.45, 2.75) is 57.7 Å². The lowest BCUT2D eigenvalue weighted by atomic mass is 10.2. The van der Waals surface area contributed by atoms with Crippen LogP contribution in [0.15, 0.2) is 0 Å². The summed E-state index contributed by atoms with van der Waals surface area (Å²) >= 11 is 1.91. The van der Waals surface area contributed by atoms with Gasteiger partial charge in [0.25, 0.3) is 0 Å². The molecule has 4 nitrogen and oxygen atoms in total. The Labute approximate surface area is 132 Å². The molecule has 0 spiro atoms. The van der Waals surface area contributed by atoms with Crippen molar-refractivity contribution in [3.63, 3.8) is 0 Å². The van der Waals surface area contributed by atoms with Crippen molar-refractivity contribution < 1.29 is 0 Å². The van der Waals surface area contributed by atoms with Gasteiger partial charge in [0.15, 0.2) is 5.13 Å². The number of nitrogens with zero attached hydrogens (tertiary/aromatic N) is 3. The second-order valence-corrected chi connectivity index (χ2v) is 8.03. The number of nitrogens with one attached hydrogen (secondary N) is 1. The van der Waals surface area contributed by atoms with Gasteiger partial charge >= 0.3 is 0 Å². The number of hydrogen-bond donors (Lipinski definition) is 1. The predicted molar refractivity (Wildman–Crippen MR) is 90.4 cm³/mol. The van der Waals surface area contributed by atoms with Gasteiger partial charge in [0.2, 0.25) is 0 Å². The molecule has 2 heterocycles. The van der Waals surface area contributed by atoms with E-state index >= 15 is 0 Å². The smallest absolute Gasteiger partial charge is 0.185 e. The summed E-state index contributed by atoms with van der Waals surface area (Å²) in [5.74, 6) is 0.742. The van der Waals surface area contributed by atoms with Gasteiger partial charge in [-0.25, -0.2) is 4.98 Å². The molecular formula is C16H28N4S. The summed E-state index contributed by atoms with van der Waals surface area (Å²) < 4.78 is 0. The summed E-state index contributed by atoms with van der Waals surface area (Å²) in [5.41, 5.74) is 1.39. The van der Waals surface area contributed by atoms with Crippen LogP contribution < -0.4 is 10.2 Å². The molecular weight excluding hydrogens is 280 g/mol. The summed E-state index contributed by atoms with van der Waals surface area (Å²) in [6.45, 7) is 7.67. The van der Waals surface area contributed by atoms with E-state index in [0.717, 1.165) is 25.6 Å². The summed E-state index contributed by atoms with van der Waals surface area (Å²) in [5, 5.41) is 4.81. The Balaban J connectivity index is 1.72. The maximum atomic E-state index is 5.01. The first-order chi connectivity index (χ1) is 10.0. The molecule has 1 atom stereocenters. The van der Waals surface area contributed by atoms with Crippen LogP contribution in [0.1, 0.15) is 49.6 Å². The monoisotopic (exact) mass is 308 g/mol. The molecule has 21 heavy (non-hydrogen) atoms. The van der Waals surface area contributed by atoms with Gasteiger partial charge < -0.3 is 15.1 Å². The highest BCUT2D eigenvalue weighted by Crippen LogP contribution is 2.44. The van der Waals surface area contributed by atoms with Crippen molar-refractivity contribution in [2.24, 2.45) is 0 Å². The summed E-state index contributed by atoms with van der Waals surface area (Å²) in [6, 6.07) is 1.21. The SMILES string of the molecule is CC(C)NCc1sc(N2CCC(N(C)C)C2)nc1C1CC1. The van der Waals surface area contributed by atoms with Gasteiger partial charge in [0, 0.05) is 42.5 Å². The highest BCUT2D eigenvalue weighted by atomic mass is 32.1. The average Bonchev–Trinajstić information content (AvgIpc) is 3.01. The zero-order chi connectivity index (χ0) is 15.0. The second kappa shape index (κ2) is 6.23. The fourth-order valence-electron chi connectivity index (χ4n) is 2.92. The van der Waals surface area contributed by atoms with Gasteiger partial charge in [-0.05, 0) is 33.4 Å². The van der Waals surface area contributed by atoms with Gasteiger partial charge in [0.05, 0.1) is 5.69 Å². The Morgan fingerprint density at radius 3 is 2.67 bits per heavy atom. The number of aromatic nitrogens is 1. The molecule has 0 amide bonds. The Bertz CT molecular complexity index is 479. The van der Waals surface area contributed by atoms with E-state index in [1.807, 2.05) is 11.3 Å². The van der Waals surface area contributed by atoms with Crippen molar-refractivity contribution in [3.05, 3.63) is 10.6 Å². The third-order valence-electron chi connectivity index (χ3n) is 4.52. The molecule has 0 radical (unpaired) electrons. The highest BCUT2D eigenvalue weighted by Gasteiger charge is 2.32. The standard InChI is InChI=1S/C16H28N4S/c1-11(2)17-9-14-15(12-5-6-12)18-16(21-14)20-8-7-13(10-20)19(3)4/h11-13,17H,5-10H2,1-4H3. The Morgan fingerprint density at radius 1 is 1.33 bits per heavy atom. The Morgan fingerprint density at radius 2 is 2.10 bits per heavy atom. The molecule has 0 bridgehead atoms. The Kier molecular flexibility index (Phi) is 4.52. The summed E-state index contributed by atoms with van der Waals surface area (Å²) in [7, 11) is 4.37. The largest absolute Gasteiger partial charge is 0.346 e. The molecule has 1 saturated carbocycles. The zero-order valence-corrected chi connectivity index (χ0v) is 14.5. The number of likely N-dealkylation sites (N-methyl/N-ethyl adjacent to an activating group) is 1. The molecule has 0 aromatic carbocycles. The van der Waals surface area contributed by atoms with Crippen molar-refractivity contribution >= 4 is 16.5 Å². The lowest BCUT2D eigenvalue weighted by Gasteiger charge is -2.19. The van der Waals surface area contributed by atoms with Gasteiger partial charge in [0.1, 0.15) is 0 Å². The van der Waals surface area contributed by atoms with E-state index in [1.165, 1.54) is 35.0 Å². The van der Waals surface area contributed by atoms with Gasteiger partial charge in [-0.15, -0.1) is 11.3 Å². The molecule has 2 fully saturated rings. The normalized spacial score (nSPS) is 22.8. The zero-order valence-electron chi connectivity index (χ0n) is 13.7. The number of hydrogen-bond acceptors (Lipinski definition) is 5. The first-order valence-corrected chi connectivity index (χ1v) is 9.00. The molecule has 118 valence electrons. The fourth-order valence-corrected chi connectivity index (χ4v) is 4.05. The average molecular weight is 308 g/mol. The van der Waals surface area contributed by atoms with Crippen molar-refractivity contribution in [1.29, 1.82) is 0 Å². The van der Waals surface area contributed by atoms with Crippen LogP contribution in [0, 0.1) is 0 Å². The topological polar surface area (TPSA) is 31.4 Å². The molecule has 1 saturated heterocycles. The predicted octanol–water partition coefficient (Wildman–Crippen LogP) is 2.66. The van der Waals surface area contributed by atoms with Gasteiger partial charge in [-0.1, -0.05) is 13.8 Å². The second-order valence-electron chi connectivity index (χ2n) is 6.97. The third kappa shape index (κ3) is 3.58. The summed E-state index contributed by atoms with van der Waals surface area (Å²) in [4.78, 5) is 11.3. The molecule has 1 aliphatic carbocycles. The van der Waals surface area contributed by atoms with Crippen LogP contribution in [0.4, 0.5) is 5.13 Å². The third-order valence-corrected chi connectivity index (χ3v) is 5.65. The van der Waals surface area contributed by atoms with E-state index < -0.39 is 0 Å². The minimum absolute atomic E-state index is 0.535. The van der Waals surface area contributed by atoms with Crippen LogP contribution in [-0.2, 0) is 6.54 Å². The maximum absolute atomic E-state index is 5.01. The molecule has 2 aliphatic rings. The van der Waals surface area contributed by atoms with Crippen LogP contribution in [0.2, 0.25) is 0 Å². The van der Waals surface area contributed by atoms with Crippen molar-refractivity contribution in [2.75, 3.05) is 32.1 Å². The van der Waals surface area contributed by atoms with E-state index in [2.05, 4.69) is 43.1 Å². The van der Waals surface area contributed by atoms with Crippen LogP contribution in [-0.4, -0.2) is 49.2 Å². The molecule has 5 heteroatoms. The van der Waals surface area contributed by atoms with Crippen LogP contribution in [0.3, 0.4) is 0 Å². The maximum Gasteiger partial charge on any atom is 0.185 e. The molecule has 1 aliphatic heterocycles. The summed E-state index contributed by atoms with van der Waals surface area (Å²) in [6.07, 6.45) is 3.92. The van der Waals surface area contributed by atoms with E-state index in [1.54, 1.807) is 0 Å². The van der Waals surface area contributed by atoms with Crippen molar-refractivity contribution in [1.82, 2.24) is 15.2 Å². The molecule has 1 N–H and O–H groups in total. The minimum atomic E-state index is 0.535. The quantitative estimate of drug-likeness (QED) is 0.875. The van der Waals surface area contributed by atoms with Gasteiger partial charge in [-0.2, -0.15) is 0 Å². The van der Waals surface area contributed by atoms with Gasteiger partial charge in [-0.3, -0.25) is 0 Å². The van der Waals surface area contributed by atoms with E-state index in [9.17, 15) is 0 Å². The fraction of sp³-hybridized carbons (Fsp3) is 0.812. The van der Waals surface area contributed by atoms with E-state index in [0.29, 0.717) is 12.1 Å². The molecule has 1 unspecified atom stereocenters. The Hall–Kier alpha value is -0.650. The van der Waals surface area contributed by atoms with Crippen LogP contribution >= 0.6 is 11.3 Å². The van der Waals surface area contributed by atoms with Crippen LogP contribution in [0.5, 0.6) is 0 Å². The van der Waals surface area contributed by atoms with Crippen LogP contribution in [0.25, 0.3) is 0 Å². The van der Waals surface area contributed by atoms with E-state index in [-0.39, 0.29) is 0 Å². The number of anilines is 1. The lowest BCUT2D eigenvalue weighted by Crippen LogP contribution is -2.31. The first kappa shape index (κ1) is 15.3. The molecule has 1 aromatic rings. The number of rotatable bonds is 6. The lowest BCUT2D eigenvalue weighted by molar-refractivity contribution is 0.315. The molecule has 3 rings (SSSR count). The molecule has 1 aromatic heterocycles. The highest BCUT2D eigenvalue weighted by molar-refractivity contribution is 7.15. The first-order valence-electron chi connectivity index (χ1n) is 8.19. The van der Waals surface area contributed by atoms with Crippen molar-refractivity contribution in [3.8, 4) is 0 Å². The minimum Gasteiger partial charge on any atom is -0.346 e. The number of thiazole rings is 1. The van der Waals surface area contributed by atoms with E-state index in [4.69, 9.17) is 4.98 Å².